The molecule has 0 bridgehead atoms. The van der Waals surface area contributed by atoms with E-state index in [9.17, 15) is 9.59 Å². The Balaban J connectivity index is 1.90. The predicted octanol–water partition coefficient (Wildman–Crippen LogP) is 5.30. The Hall–Kier alpha value is -2.51. The van der Waals surface area contributed by atoms with E-state index in [1.54, 1.807) is 18.2 Å². The Morgan fingerprint density at radius 3 is 2.33 bits per heavy atom. The van der Waals surface area contributed by atoms with Crippen LogP contribution in [0.25, 0.3) is 6.08 Å². The number of rotatable bonds is 6. The Labute approximate surface area is 187 Å². The fraction of sp³-hybridized carbons (Fsp3) is 0.273. The molecule has 0 amide bonds. The van der Waals surface area contributed by atoms with Crippen LogP contribution in [0.5, 0.6) is 11.5 Å². The Morgan fingerprint density at radius 1 is 1.07 bits per heavy atom. The first-order valence-electron chi connectivity index (χ1n) is 9.21. The quantitative estimate of drug-likeness (QED) is 0.308. The number of carbonyl (C=O) groups excluding carboxylic acids is 2. The second-order valence-electron chi connectivity index (χ2n) is 6.87. The van der Waals surface area contributed by atoms with E-state index in [0.29, 0.717) is 33.2 Å². The van der Waals surface area contributed by atoms with Gasteiger partial charge in [-0.25, -0.2) is 9.59 Å². The molecule has 0 radical (unpaired) electrons. The van der Waals surface area contributed by atoms with Crippen LogP contribution in [-0.4, -0.2) is 24.3 Å². The molecule has 158 valence electrons. The van der Waals surface area contributed by atoms with Crippen molar-refractivity contribution in [1.29, 1.82) is 0 Å². The highest BCUT2D eigenvalue weighted by atomic mass is 79.9. The minimum Gasteiger partial charge on any atom is -0.490 e. The number of halogens is 2. The molecule has 0 saturated carbocycles. The summed E-state index contributed by atoms with van der Waals surface area (Å²) in [4.78, 5) is 24.5. The standard InChI is InChI=1S/C22H20BrClO6/c1-4-27-18-10-14(9-15-20(25)29-22(2,3)30-21(15)26)16(23)11-19(18)28-12-13-7-5-6-8-17(13)24/h5-11H,4,12H2,1-3H3. The average molecular weight is 496 g/mol. The Morgan fingerprint density at radius 2 is 1.70 bits per heavy atom. The van der Waals surface area contributed by atoms with Crippen LogP contribution in [0.2, 0.25) is 5.02 Å². The summed E-state index contributed by atoms with van der Waals surface area (Å²) >= 11 is 9.64. The number of ether oxygens (including phenoxy) is 4. The average Bonchev–Trinajstić information content (AvgIpc) is 2.66. The SMILES string of the molecule is CCOc1cc(C=C2C(=O)OC(C)(C)OC2=O)c(Br)cc1OCc1ccccc1Cl. The maximum absolute atomic E-state index is 12.2. The zero-order valence-electron chi connectivity index (χ0n) is 16.7. The van der Waals surface area contributed by atoms with Crippen molar-refractivity contribution in [2.75, 3.05) is 6.61 Å². The second kappa shape index (κ2) is 9.10. The molecule has 6 nitrogen and oxygen atoms in total. The number of carbonyl (C=O) groups is 2. The molecule has 0 aromatic heterocycles. The van der Waals surface area contributed by atoms with E-state index in [-0.39, 0.29) is 12.2 Å². The van der Waals surface area contributed by atoms with Gasteiger partial charge in [0.05, 0.1) is 6.61 Å². The lowest BCUT2D eigenvalue weighted by Crippen LogP contribution is -2.41. The first-order valence-corrected chi connectivity index (χ1v) is 10.4. The topological polar surface area (TPSA) is 71.1 Å². The van der Waals surface area contributed by atoms with E-state index >= 15 is 0 Å². The molecule has 0 atom stereocenters. The van der Waals surface area contributed by atoms with Gasteiger partial charge in [0.15, 0.2) is 11.5 Å². The normalized spacial score (nSPS) is 15.3. The van der Waals surface area contributed by atoms with E-state index in [2.05, 4.69) is 15.9 Å². The minimum atomic E-state index is -1.30. The van der Waals surface area contributed by atoms with Crippen molar-refractivity contribution in [2.45, 2.75) is 33.2 Å². The summed E-state index contributed by atoms with van der Waals surface area (Å²) in [5, 5.41) is 0.605. The van der Waals surface area contributed by atoms with Gasteiger partial charge in [-0.1, -0.05) is 45.7 Å². The van der Waals surface area contributed by atoms with Gasteiger partial charge in [0.2, 0.25) is 0 Å². The van der Waals surface area contributed by atoms with Crippen molar-refractivity contribution in [3.63, 3.8) is 0 Å². The lowest BCUT2D eigenvalue weighted by atomic mass is 10.1. The second-order valence-corrected chi connectivity index (χ2v) is 8.13. The van der Waals surface area contributed by atoms with Crippen molar-refractivity contribution in [3.05, 3.63) is 62.6 Å². The van der Waals surface area contributed by atoms with Gasteiger partial charge in [-0.15, -0.1) is 0 Å². The highest BCUT2D eigenvalue weighted by Gasteiger charge is 2.39. The predicted molar refractivity (Wildman–Crippen MR) is 115 cm³/mol. The first kappa shape index (κ1) is 22.2. The lowest BCUT2D eigenvalue weighted by molar-refractivity contribution is -0.222. The molecular formula is C22H20BrClO6. The van der Waals surface area contributed by atoms with Crippen LogP contribution < -0.4 is 9.47 Å². The van der Waals surface area contributed by atoms with Gasteiger partial charge in [0, 0.05) is 28.9 Å². The molecule has 3 rings (SSSR count). The molecule has 2 aromatic carbocycles. The highest BCUT2D eigenvalue weighted by Crippen LogP contribution is 2.36. The molecule has 1 aliphatic rings. The summed E-state index contributed by atoms with van der Waals surface area (Å²) in [5.41, 5.74) is 1.16. The Bertz CT molecular complexity index is 993. The number of esters is 2. The van der Waals surface area contributed by atoms with Gasteiger partial charge in [-0.2, -0.15) is 0 Å². The van der Waals surface area contributed by atoms with Gasteiger partial charge >= 0.3 is 11.9 Å². The number of hydrogen-bond donors (Lipinski definition) is 0. The van der Waals surface area contributed by atoms with Crippen LogP contribution in [0.15, 0.2) is 46.4 Å². The molecule has 1 heterocycles. The molecule has 1 fully saturated rings. The molecule has 2 aromatic rings. The summed E-state index contributed by atoms with van der Waals surface area (Å²) in [6.45, 7) is 5.48. The van der Waals surface area contributed by atoms with Crippen molar-refractivity contribution >= 4 is 45.5 Å². The molecule has 0 unspecified atom stereocenters. The molecule has 1 saturated heterocycles. The van der Waals surface area contributed by atoms with Crippen LogP contribution in [0, 0.1) is 0 Å². The third-order valence-corrected chi connectivity index (χ3v) is 5.18. The van der Waals surface area contributed by atoms with Crippen LogP contribution in [0.4, 0.5) is 0 Å². The summed E-state index contributed by atoms with van der Waals surface area (Å²) in [5.74, 6) is -1.85. The van der Waals surface area contributed by atoms with E-state index in [1.165, 1.54) is 19.9 Å². The summed E-state index contributed by atoms with van der Waals surface area (Å²) < 4.78 is 22.5. The van der Waals surface area contributed by atoms with Crippen molar-refractivity contribution in [1.82, 2.24) is 0 Å². The van der Waals surface area contributed by atoms with E-state index in [0.717, 1.165) is 5.56 Å². The zero-order valence-corrected chi connectivity index (χ0v) is 19.0. The van der Waals surface area contributed by atoms with Crippen LogP contribution in [0.3, 0.4) is 0 Å². The van der Waals surface area contributed by atoms with E-state index in [1.807, 2.05) is 25.1 Å². The minimum absolute atomic E-state index is 0.206. The third-order valence-electron chi connectivity index (χ3n) is 4.12. The van der Waals surface area contributed by atoms with Crippen LogP contribution in [-0.2, 0) is 25.7 Å². The molecule has 8 heteroatoms. The Kier molecular flexibility index (Phi) is 6.73. The fourth-order valence-electron chi connectivity index (χ4n) is 2.75. The summed E-state index contributed by atoms with van der Waals surface area (Å²) in [7, 11) is 0. The number of hydrogen-bond acceptors (Lipinski definition) is 6. The third kappa shape index (κ3) is 5.15. The maximum atomic E-state index is 12.2. The number of benzene rings is 2. The van der Waals surface area contributed by atoms with Gasteiger partial charge in [0.1, 0.15) is 12.2 Å². The van der Waals surface area contributed by atoms with Crippen LogP contribution >= 0.6 is 27.5 Å². The molecule has 0 N–H and O–H groups in total. The van der Waals surface area contributed by atoms with Gasteiger partial charge in [-0.05, 0) is 36.8 Å². The zero-order chi connectivity index (χ0) is 21.9. The van der Waals surface area contributed by atoms with Gasteiger partial charge < -0.3 is 18.9 Å². The molecular weight excluding hydrogens is 476 g/mol. The largest absolute Gasteiger partial charge is 0.490 e. The molecule has 1 aliphatic heterocycles. The van der Waals surface area contributed by atoms with Crippen molar-refractivity contribution < 1.29 is 28.5 Å². The monoisotopic (exact) mass is 494 g/mol. The van der Waals surface area contributed by atoms with Crippen molar-refractivity contribution in [3.8, 4) is 11.5 Å². The van der Waals surface area contributed by atoms with E-state index in [4.69, 9.17) is 30.5 Å². The smallest absolute Gasteiger partial charge is 0.348 e. The summed E-state index contributed by atoms with van der Waals surface area (Å²) in [6, 6.07) is 10.8. The van der Waals surface area contributed by atoms with E-state index < -0.39 is 17.7 Å². The van der Waals surface area contributed by atoms with Gasteiger partial charge in [-0.3, -0.25) is 0 Å². The molecule has 0 aliphatic carbocycles. The number of cyclic esters (lactones) is 2. The van der Waals surface area contributed by atoms with Gasteiger partial charge in [0.25, 0.3) is 5.79 Å². The lowest BCUT2D eigenvalue weighted by Gasteiger charge is -2.29. The summed E-state index contributed by atoms with van der Waals surface area (Å²) in [6.07, 6.45) is 1.39. The molecule has 0 spiro atoms. The fourth-order valence-corrected chi connectivity index (χ4v) is 3.37. The maximum Gasteiger partial charge on any atom is 0.348 e. The van der Waals surface area contributed by atoms with Crippen molar-refractivity contribution in [2.24, 2.45) is 0 Å². The first-order chi connectivity index (χ1) is 14.2. The highest BCUT2D eigenvalue weighted by molar-refractivity contribution is 9.10. The van der Waals surface area contributed by atoms with Crippen LogP contribution in [0.1, 0.15) is 31.9 Å². The molecule has 30 heavy (non-hydrogen) atoms.